The largest absolute Gasteiger partial charge is 1.00 e. The molecular formula is C5H6Na2O5. The summed E-state index contributed by atoms with van der Waals surface area (Å²) < 4.78 is 0. The smallest absolute Gasteiger partial charge is 0.550 e. The second-order valence-electron chi connectivity index (χ2n) is 1.34. The molecule has 0 aromatic rings. The molecule has 0 radical (unpaired) electrons. The molecule has 12 heavy (non-hydrogen) atoms. The molecule has 0 rings (SSSR count). The monoisotopic (exact) mass is 192 g/mol. The van der Waals surface area contributed by atoms with Gasteiger partial charge in [-0.2, -0.15) is 0 Å². The molecule has 5 nitrogen and oxygen atoms in total. The van der Waals surface area contributed by atoms with Crippen molar-refractivity contribution in [2.45, 2.75) is 13.8 Å². The Hall–Kier alpha value is 0.610. The standard InChI is InChI=1S/C3H4O3.C2H4O2.2Na/c1-2(4)3(5)6;1-2(3)4;;/h1H3,(H,5,6);1H3,(H,3,4);;/q;;2*+1/p-2. The van der Waals surface area contributed by atoms with Crippen molar-refractivity contribution in [2.75, 3.05) is 0 Å². The van der Waals surface area contributed by atoms with Crippen LogP contribution >= 0.6 is 0 Å². The summed E-state index contributed by atoms with van der Waals surface area (Å²) in [5.41, 5.74) is 0. The average Bonchev–Trinajstić information content (AvgIpc) is 1.63. The summed E-state index contributed by atoms with van der Waals surface area (Å²) >= 11 is 0. The van der Waals surface area contributed by atoms with Crippen molar-refractivity contribution in [3.8, 4) is 0 Å². The second-order valence-corrected chi connectivity index (χ2v) is 1.34. The fourth-order valence-corrected chi connectivity index (χ4v) is 0. The molecule has 0 aromatic carbocycles. The Morgan fingerprint density at radius 3 is 1.00 bits per heavy atom. The molecule has 0 heterocycles. The van der Waals surface area contributed by atoms with Gasteiger partial charge in [0.2, 0.25) is 0 Å². The van der Waals surface area contributed by atoms with Crippen LogP contribution in [-0.2, 0) is 14.4 Å². The van der Waals surface area contributed by atoms with E-state index in [1.165, 1.54) is 0 Å². The van der Waals surface area contributed by atoms with Crippen LogP contribution in [0.3, 0.4) is 0 Å². The molecule has 0 amide bonds. The van der Waals surface area contributed by atoms with Gasteiger partial charge in [0.25, 0.3) is 0 Å². The first-order chi connectivity index (χ1) is 4.37. The van der Waals surface area contributed by atoms with Crippen LogP contribution < -0.4 is 69.3 Å². The van der Waals surface area contributed by atoms with Gasteiger partial charge < -0.3 is 19.8 Å². The fourth-order valence-electron chi connectivity index (χ4n) is 0. The van der Waals surface area contributed by atoms with Crippen LogP contribution in [0.15, 0.2) is 0 Å². The number of hydrogen-bond acceptors (Lipinski definition) is 5. The first-order valence-corrected chi connectivity index (χ1v) is 2.27. The van der Waals surface area contributed by atoms with Crippen molar-refractivity contribution in [3.05, 3.63) is 0 Å². The van der Waals surface area contributed by atoms with Crippen LogP contribution in [-0.4, -0.2) is 17.7 Å². The summed E-state index contributed by atoms with van der Waals surface area (Å²) in [5, 5.41) is 18.1. The topological polar surface area (TPSA) is 97.3 Å². The number of carbonyl (C=O) groups is 3. The van der Waals surface area contributed by atoms with Gasteiger partial charge in [0.15, 0.2) is 5.78 Å². The molecule has 0 saturated carbocycles. The molecule has 0 spiro atoms. The van der Waals surface area contributed by atoms with Gasteiger partial charge in [-0.05, 0) is 6.92 Å². The van der Waals surface area contributed by atoms with Gasteiger partial charge in [0.1, 0.15) is 5.97 Å². The summed E-state index contributed by atoms with van der Waals surface area (Å²) in [6, 6.07) is 0. The van der Waals surface area contributed by atoms with Crippen molar-refractivity contribution < 1.29 is 83.7 Å². The summed E-state index contributed by atoms with van der Waals surface area (Å²) in [6.45, 7) is 1.91. The quantitative estimate of drug-likeness (QED) is 0.303. The van der Waals surface area contributed by atoms with Crippen LogP contribution in [0, 0.1) is 0 Å². The minimum Gasteiger partial charge on any atom is -0.550 e. The van der Waals surface area contributed by atoms with Gasteiger partial charge in [0, 0.05) is 12.9 Å². The Kier molecular flexibility index (Phi) is 27.0. The third-order valence-corrected chi connectivity index (χ3v) is 0.287. The van der Waals surface area contributed by atoms with Crippen LogP contribution in [0.4, 0.5) is 0 Å². The molecule has 0 bridgehead atoms. The van der Waals surface area contributed by atoms with E-state index in [1.54, 1.807) is 0 Å². The van der Waals surface area contributed by atoms with Gasteiger partial charge in [-0.25, -0.2) is 0 Å². The maximum Gasteiger partial charge on any atom is 1.00 e. The Morgan fingerprint density at radius 2 is 1.00 bits per heavy atom. The van der Waals surface area contributed by atoms with Gasteiger partial charge >= 0.3 is 59.1 Å². The zero-order valence-electron chi connectivity index (χ0n) is 7.54. The number of rotatable bonds is 1. The predicted octanol–water partition coefficient (Wildman–Crippen LogP) is -8.91. The number of ketones is 1. The van der Waals surface area contributed by atoms with Crippen molar-refractivity contribution in [1.29, 1.82) is 0 Å². The molecule has 0 aliphatic carbocycles. The van der Waals surface area contributed by atoms with Crippen molar-refractivity contribution >= 4 is 17.7 Å². The molecule has 0 fully saturated rings. The summed E-state index contributed by atoms with van der Waals surface area (Å²) in [7, 11) is 0. The molecule has 0 saturated heterocycles. The van der Waals surface area contributed by atoms with Crippen LogP contribution in [0.2, 0.25) is 0 Å². The van der Waals surface area contributed by atoms with Crippen molar-refractivity contribution in [3.63, 3.8) is 0 Å². The number of carboxylic acid groups (broad SMARTS) is 2. The zero-order chi connectivity index (χ0) is 8.73. The van der Waals surface area contributed by atoms with E-state index in [1.807, 2.05) is 0 Å². The number of aliphatic carboxylic acids is 2. The normalized spacial score (nSPS) is 5.83. The van der Waals surface area contributed by atoms with Crippen molar-refractivity contribution in [2.24, 2.45) is 0 Å². The zero-order valence-corrected chi connectivity index (χ0v) is 11.5. The number of hydrogen-bond donors (Lipinski definition) is 0. The minimum absolute atomic E-state index is 0. The second kappa shape index (κ2) is 14.2. The number of Topliss-reactive ketones (excluding diaryl/α,β-unsaturated/α-hetero) is 1. The van der Waals surface area contributed by atoms with Crippen LogP contribution in [0.5, 0.6) is 0 Å². The van der Waals surface area contributed by atoms with Crippen molar-refractivity contribution in [1.82, 2.24) is 0 Å². The summed E-state index contributed by atoms with van der Waals surface area (Å²) in [4.78, 5) is 27.6. The molecule has 0 unspecified atom stereocenters. The number of carboxylic acids is 2. The summed E-state index contributed by atoms with van der Waals surface area (Å²) in [6.07, 6.45) is 0. The van der Waals surface area contributed by atoms with E-state index in [4.69, 9.17) is 9.90 Å². The third-order valence-electron chi connectivity index (χ3n) is 0.287. The molecule has 0 N–H and O–H groups in total. The van der Waals surface area contributed by atoms with E-state index in [-0.39, 0.29) is 59.1 Å². The molecule has 0 atom stereocenters. The van der Waals surface area contributed by atoms with Crippen LogP contribution in [0.25, 0.3) is 0 Å². The summed E-state index contributed by atoms with van der Waals surface area (Å²) in [5.74, 6) is -3.65. The average molecular weight is 192 g/mol. The Morgan fingerprint density at radius 1 is 0.917 bits per heavy atom. The first kappa shape index (κ1) is 22.9. The number of carbonyl (C=O) groups excluding carboxylic acids is 3. The minimum atomic E-state index is -1.63. The molecule has 0 aliphatic rings. The fraction of sp³-hybridized carbons (Fsp3) is 0.400. The maximum absolute atomic E-state index is 9.48. The van der Waals surface area contributed by atoms with E-state index in [9.17, 15) is 14.7 Å². The Bertz CT molecular complexity index is 140. The Labute approximate surface area is 114 Å². The molecule has 0 aliphatic heterocycles. The van der Waals surface area contributed by atoms with Gasteiger partial charge in [-0.1, -0.05) is 0 Å². The van der Waals surface area contributed by atoms with E-state index >= 15 is 0 Å². The molecule has 7 heteroatoms. The van der Waals surface area contributed by atoms with E-state index in [0.717, 1.165) is 13.8 Å². The predicted molar refractivity (Wildman–Crippen MR) is 26.4 cm³/mol. The van der Waals surface area contributed by atoms with E-state index < -0.39 is 17.7 Å². The third kappa shape index (κ3) is 46.1. The first-order valence-electron chi connectivity index (χ1n) is 2.27. The van der Waals surface area contributed by atoms with Crippen LogP contribution in [0.1, 0.15) is 13.8 Å². The van der Waals surface area contributed by atoms with E-state index in [2.05, 4.69) is 0 Å². The molecule has 58 valence electrons. The van der Waals surface area contributed by atoms with Gasteiger partial charge in [0.05, 0.1) is 0 Å². The molecule has 0 aromatic heterocycles. The Balaban J connectivity index is -0.0000000483. The van der Waals surface area contributed by atoms with E-state index in [0.29, 0.717) is 0 Å². The molecular weight excluding hydrogens is 186 g/mol. The van der Waals surface area contributed by atoms with Gasteiger partial charge in [-0.3, -0.25) is 4.79 Å². The maximum atomic E-state index is 9.48. The SMILES string of the molecule is CC(=O)C(=O)[O-].CC(=O)[O-].[Na+].[Na+]. The van der Waals surface area contributed by atoms with Gasteiger partial charge in [-0.15, -0.1) is 0 Å².